The third kappa shape index (κ3) is 2.41. The third-order valence-electron chi connectivity index (χ3n) is 3.63. The van der Waals surface area contributed by atoms with Gasteiger partial charge in [-0.15, -0.1) is 0 Å². The fourth-order valence-corrected chi connectivity index (χ4v) is 3.10. The van der Waals surface area contributed by atoms with E-state index in [1.165, 1.54) is 0 Å². The van der Waals surface area contributed by atoms with E-state index in [0.29, 0.717) is 11.6 Å². The fraction of sp³-hybridized carbons (Fsp3) is 0.294. The molecule has 1 N–H and O–H groups in total. The molecule has 1 aliphatic rings. The zero-order valence-electron chi connectivity index (χ0n) is 11.6. The van der Waals surface area contributed by atoms with Gasteiger partial charge in [0.25, 0.3) is 0 Å². The third-order valence-corrected chi connectivity index (χ3v) is 3.85. The standard InChI is InChI=1S/C17H17ClO2/c1-10-5-11(2)7-13(6-10)16(19)15-9-14(18)8-12-3-4-20-17(12)15/h5-9,16,19H,3-4H2,1-2H3. The van der Waals surface area contributed by atoms with Crippen molar-refractivity contribution in [2.45, 2.75) is 26.4 Å². The molecule has 0 aromatic heterocycles. The summed E-state index contributed by atoms with van der Waals surface area (Å²) in [5.41, 5.74) is 4.99. The Kier molecular flexibility index (Phi) is 3.45. The molecule has 0 saturated heterocycles. The smallest absolute Gasteiger partial charge is 0.128 e. The molecule has 20 heavy (non-hydrogen) atoms. The van der Waals surface area contributed by atoms with Crippen molar-refractivity contribution in [2.75, 3.05) is 6.61 Å². The summed E-state index contributed by atoms with van der Waals surface area (Å²) in [6, 6.07) is 9.81. The van der Waals surface area contributed by atoms with Gasteiger partial charge in [0.15, 0.2) is 0 Å². The minimum atomic E-state index is -0.709. The van der Waals surface area contributed by atoms with E-state index < -0.39 is 6.10 Å². The number of fused-ring (bicyclic) bond motifs is 1. The molecule has 0 aliphatic carbocycles. The SMILES string of the molecule is Cc1cc(C)cc(C(O)c2cc(Cl)cc3c2OCC3)c1. The summed E-state index contributed by atoms with van der Waals surface area (Å²) in [6.45, 7) is 4.71. The lowest BCUT2D eigenvalue weighted by molar-refractivity contribution is 0.213. The highest BCUT2D eigenvalue weighted by molar-refractivity contribution is 6.30. The highest BCUT2D eigenvalue weighted by atomic mass is 35.5. The summed E-state index contributed by atoms with van der Waals surface area (Å²) in [5.74, 6) is 0.793. The van der Waals surface area contributed by atoms with Gasteiger partial charge in [-0.2, -0.15) is 0 Å². The summed E-state index contributed by atoms with van der Waals surface area (Å²) in [6.07, 6.45) is 0.141. The Morgan fingerprint density at radius 1 is 1.10 bits per heavy atom. The first-order valence-corrected chi connectivity index (χ1v) is 7.14. The molecule has 3 rings (SSSR count). The second-order valence-electron chi connectivity index (χ2n) is 5.41. The van der Waals surface area contributed by atoms with Crippen LogP contribution in [0.5, 0.6) is 5.75 Å². The van der Waals surface area contributed by atoms with Crippen LogP contribution in [-0.4, -0.2) is 11.7 Å². The zero-order valence-corrected chi connectivity index (χ0v) is 12.4. The van der Waals surface area contributed by atoms with Gasteiger partial charge >= 0.3 is 0 Å². The van der Waals surface area contributed by atoms with E-state index in [-0.39, 0.29) is 0 Å². The second-order valence-corrected chi connectivity index (χ2v) is 5.84. The number of ether oxygens (including phenoxy) is 1. The van der Waals surface area contributed by atoms with E-state index in [0.717, 1.165) is 40.0 Å². The maximum absolute atomic E-state index is 10.7. The fourth-order valence-electron chi connectivity index (χ4n) is 2.85. The van der Waals surface area contributed by atoms with Crippen molar-refractivity contribution in [1.82, 2.24) is 0 Å². The van der Waals surface area contributed by atoms with Crippen LogP contribution in [0.2, 0.25) is 5.02 Å². The topological polar surface area (TPSA) is 29.5 Å². The maximum Gasteiger partial charge on any atom is 0.128 e. The predicted molar refractivity (Wildman–Crippen MR) is 80.6 cm³/mol. The van der Waals surface area contributed by atoms with Gasteiger partial charge in [-0.3, -0.25) is 0 Å². The molecule has 0 amide bonds. The molecule has 1 unspecified atom stereocenters. The Morgan fingerprint density at radius 2 is 1.80 bits per heavy atom. The number of aliphatic hydroxyl groups is 1. The number of hydrogen-bond acceptors (Lipinski definition) is 2. The molecule has 3 heteroatoms. The van der Waals surface area contributed by atoms with E-state index in [1.807, 2.05) is 32.0 Å². The minimum Gasteiger partial charge on any atom is -0.493 e. The average molecular weight is 289 g/mol. The Balaban J connectivity index is 2.08. The molecule has 104 valence electrons. The van der Waals surface area contributed by atoms with Crippen molar-refractivity contribution in [3.05, 3.63) is 63.2 Å². The van der Waals surface area contributed by atoms with Crippen LogP contribution in [0.25, 0.3) is 0 Å². The molecule has 2 nitrogen and oxygen atoms in total. The monoisotopic (exact) mass is 288 g/mol. The highest BCUT2D eigenvalue weighted by Crippen LogP contribution is 2.38. The Bertz CT molecular complexity index is 644. The zero-order chi connectivity index (χ0) is 14.3. The van der Waals surface area contributed by atoms with Crippen LogP contribution in [0.1, 0.15) is 33.9 Å². The molecule has 2 aromatic rings. The Morgan fingerprint density at radius 3 is 2.50 bits per heavy atom. The van der Waals surface area contributed by atoms with E-state index in [1.54, 1.807) is 6.07 Å². The quantitative estimate of drug-likeness (QED) is 0.906. The number of aliphatic hydroxyl groups excluding tert-OH is 1. The molecule has 1 heterocycles. The van der Waals surface area contributed by atoms with Crippen molar-refractivity contribution >= 4 is 11.6 Å². The normalized spacial score (nSPS) is 14.8. The second kappa shape index (κ2) is 5.12. The lowest BCUT2D eigenvalue weighted by Gasteiger charge is -2.16. The van der Waals surface area contributed by atoms with Gasteiger partial charge in [0.2, 0.25) is 0 Å². The van der Waals surface area contributed by atoms with Crippen molar-refractivity contribution in [1.29, 1.82) is 0 Å². The van der Waals surface area contributed by atoms with E-state index >= 15 is 0 Å². The molecule has 0 bridgehead atoms. The summed E-state index contributed by atoms with van der Waals surface area (Å²) in [4.78, 5) is 0. The van der Waals surface area contributed by atoms with Gasteiger partial charge in [-0.1, -0.05) is 40.9 Å². The van der Waals surface area contributed by atoms with Crippen LogP contribution in [0.4, 0.5) is 0 Å². The molecule has 0 fully saturated rings. The van der Waals surface area contributed by atoms with Crippen molar-refractivity contribution < 1.29 is 9.84 Å². The minimum absolute atomic E-state index is 0.646. The van der Waals surface area contributed by atoms with Crippen molar-refractivity contribution in [3.8, 4) is 5.75 Å². The Hall–Kier alpha value is -1.51. The lowest BCUT2D eigenvalue weighted by Crippen LogP contribution is -2.03. The van der Waals surface area contributed by atoms with Crippen LogP contribution < -0.4 is 4.74 Å². The van der Waals surface area contributed by atoms with Crippen LogP contribution in [0, 0.1) is 13.8 Å². The molecule has 1 atom stereocenters. The average Bonchev–Trinajstić information content (AvgIpc) is 2.83. The van der Waals surface area contributed by atoms with E-state index in [4.69, 9.17) is 16.3 Å². The summed E-state index contributed by atoms with van der Waals surface area (Å²) >= 11 is 6.16. The maximum atomic E-state index is 10.7. The summed E-state index contributed by atoms with van der Waals surface area (Å²) in [7, 11) is 0. The molecule has 0 spiro atoms. The number of benzene rings is 2. The first-order chi connectivity index (χ1) is 9.54. The van der Waals surface area contributed by atoms with Crippen molar-refractivity contribution in [2.24, 2.45) is 0 Å². The van der Waals surface area contributed by atoms with Gasteiger partial charge in [-0.05, 0) is 37.1 Å². The van der Waals surface area contributed by atoms with Gasteiger partial charge in [0, 0.05) is 17.0 Å². The highest BCUT2D eigenvalue weighted by Gasteiger charge is 2.23. The van der Waals surface area contributed by atoms with Gasteiger partial charge in [-0.25, -0.2) is 0 Å². The molecule has 0 radical (unpaired) electrons. The van der Waals surface area contributed by atoms with Crippen LogP contribution in [-0.2, 0) is 6.42 Å². The van der Waals surface area contributed by atoms with E-state index in [2.05, 4.69) is 6.07 Å². The molecule has 1 aliphatic heterocycles. The summed E-state index contributed by atoms with van der Waals surface area (Å²) < 4.78 is 5.67. The van der Waals surface area contributed by atoms with E-state index in [9.17, 15) is 5.11 Å². The first kappa shape index (κ1) is 13.5. The summed E-state index contributed by atoms with van der Waals surface area (Å²) in [5, 5.41) is 11.3. The molecular formula is C17H17ClO2. The number of rotatable bonds is 2. The first-order valence-electron chi connectivity index (χ1n) is 6.76. The van der Waals surface area contributed by atoms with Gasteiger partial charge < -0.3 is 9.84 Å². The predicted octanol–water partition coefficient (Wildman–Crippen LogP) is 3.97. The molecular weight excluding hydrogens is 272 g/mol. The van der Waals surface area contributed by atoms with Crippen LogP contribution >= 0.6 is 11.6 Å². The number of halogens is 1. The number of aryl methyl sites for hydroxylation is 2. The van der Waals surface area contributed by atoms with Gasteiger partial charge in [0.1, 0.15) is 11.9 Å². The van der Waals surface area contributed by atoms with Crippen LogP contribution in [0.3, 0.4) is 0 Å². The Labute approximate surface area is 124 Å². The van der Waals surface area contributed by atoms with Gasteiger partial charge in [0.05, 0.1) is 6.61 Å². The molecule has 0 saturated carbocycles. The largest absolute Gasteiger partial charge is 0.493 e. The number of hydrogen-bond donors (Lipinski definition) is 1. The lowest BCUT2D eigenvalue weighted by atomic mass is 9.96. The van der Waals surface area contributed by atoms with Crippen LogP contribution in [0.15, 0.2) is 30.3 Å². The molecule has 2 aromatic carbocycles. The van der Waals surface area contributed by atoms with Crippen molar-refractivity contribution in [3.63, 3.8) is 0 Å².